The molecular weight excluding hydrogens is 290 g/mol. The summed E-state index contributed by atoms with van der Waals surface area (Å²) in [4.78, 5) is 12.2. The van der Waals surface area contributed by atoms with Crippen molar-refractivity contribution in [3.8, 4) is 0 Å². The van der Waals surface area contributed by atoms with E-state index in [1.165, 1.54) is 6.42 Å². The predicted molar refractivity (Wildman–Crippen MR) is 77.6 cm³/mol. The zero-order chi connectivity index (χ0) is 13.1. The van der Waals surface area contributed by atoms with Crippen molar-refractivity contribution in [2.75, 3.05) is 0 Å². The second-order valence-electron chi connectivity index (χ2n) is 5.57. The number of hydrogen-bond donors (Lipinski definition) is 1. The summed E-state index contributed by atoms with van der Waals surface area (Å²) in [6.45, 7) is 4.54. The number of amides is 1. The average molecular weight is 310 g/mol. The number of halogens is 1. The van der Waals surface area contributed by atoms with Crippen LogP contribution in [0.5, 0.6) is 0 Å². The Bertz CT molecular complexity index is 422. The highest BCUT2D eigenvalue weighted by molar-refractivity contribution is 9.10. The van der Waals surface area contributed by atoms with Gasteiger partial charge < -0.3 is 5.32 Å². The van der Waals surface area contributed by atoms with Crippen molar-refractivity contribution in [1.29, 1.82) is 0 Å². The van der Waals surface area contributed by atoms with Crippen LogP contribution in [0.25, 0.3) is 0 Å². The molecule has 98 valence electrons. The SMILES string of the molecule is CC1CC(C)CC(NC(=O)c2ccccc2Br)C1. The first-order chi connectivity index (χ1) is 8.56. The van der Waals surface area contributed by atoms with Crippen molar-refractivity contribution in [2.24, 2.45) is 11.8 Å². The minimum atomic E-state index is 0.0359. The first-order valence-corrected chi connectivity index (χ1v) is 7.41. The molecule has 0 aromatic heterocycles. The molecule has 18 heavy (non-hydrogen) atoms. The van der Waals surface area contributed by atoms with Crippen LogP contribution in [0, 0.1) is 11.8 Å². The quantitative estimate of drug-likeness (QED) is 0.879. The van der Waals surface area contributed by atoms with E-state index in [-0.39, 0.29) is 5.91 Å². The van der Waals surface area contributed by atoms with Gasteiger partial charge in [-0.25, -0.2) is 0 Å². The molecule has 0 spiro atoms. The lowest BCUT2D eigenvalue weighted by Gasteiger charge is -2.32. The number of nitrogens with one attached hydrogen (secondary N) is 1. The van der Waals surface area contributed by atoms with Crippen molar-refractivity contribution < 1.29 is 4.79 Å². The van der Waals surface area contributed by atoms with Gasteiger partial charge in [-0.05, 0) is 59.2 Å². The van der Waals surface area contributed by atoms with E-state index < -0.39 is 0 Å². The van der Waals surface area contributed by atoms with Crippen LogP contribution in [0.1, 0.15) is 43.5 Å². The molecule has 2 atom stereocenters. The third kappa shape index (κ3) is 3.35. The van der Waals surface area contributed by atoms with Gasteiger partial charge in [0.1, 0.15) is 0 Å². The van der Waals surface area contributed by atoms with E-state index in [1.807, 2.05) is 24.3 Å². The van der Waals surface area contributed by atoms with E-state index in [0.717, 1.165) is 22.9 Å². The summed E-state index contributed by atoms with van der Waals surface area (Å²) >= 11 is 3.42. The summed E-state index contributed by atoms with van der Waals surface area (Å²) in [5, 5.41) is 3.17. The Morgan fingerprint density at radius 2 is 1.78 bits per heavy atom. The standard InChI is InChI=1S/C15H20BrNO/c1-10-7-11(2)9-12(8-10)17-15(18)13-5-3-4-6-14(13)16/h3-6,10-12H,7-9H2,1-2H3,(H,17,18). The van der Waals surface area contributed by atoms with Crippen LogP contribution in [0.15, 0.2) is 28.7 Å². The Balaban J connectivity index is 2.01. The number of rotatable bonds is 2. The van der Waals surface area contributed by atoms with Crippen LogP contribution >= 0.6 is 15.9 Å². The Morgan fingerprint density at radius 3 is 2.39 bits per heavy atom. The van der Waals surface area contributed by atoms with Gasteiger partial charge >= 0.3 is 0 Å². The Kier molecular flexibility index (Phi) is 4.44. The van der Waals surface area contributed by atoms with E-state index in [4.69, 9.17) is 0 Å². The fourth-order valence-corrected chi connectivity index (χ4v) is 3.44. The smallest absolute Gasteiger partial charge is 0.252 e. The van der Waals surface area contributed by atoms with Crippen molar-refractivity contribution in [3.05, 3.63) is 34.3 Å². The summed E-state index contributed by atoms with van der Waals surface area (Å²) < 4.78 is 0.861. The number of carbonyl (C=O) groups excluding carboxylic acids is 1. The first kappa shape index (κ1) is 13.6. The lowest BCUT2D eigenvalue weighted by Crippen LogP contribution is -2.40. The van der Waals surface area contributed by atoms with Crippen LogP contribution in [-0.2, 0) is 0 Å². The molecule has 1 fully saturated rings. The predicted octanol–water partition coefficient (Wildman–Crippen LogP) is 4.00. The molecule has 1 amide bonds. The molecule has 1 N–H and O–H groups in total. The van der Waals surface area contributed by atoms with Crippen molar-refractivity contribution in [2.45, 2.75) is 39.2 Å². The molecular formula is C15H20BrNO. The van der Waals surface area contributed by atoms with Gasteiger partial charge in [0.2, 0.25) is 0 Å². The van der Waals surface area contributed by atoms with E-state index >= 15 is 0 Å². The fourth-order valence-electron chi connectivity index (χ4n) is 2.97. The van der Waals surface area contributed by atoms with Crippen molar-refractivity contribution >= 4 is 21.8 Å². The molecule has 3 heteroatoms. The van der Waals surface area contributed by atoms with Gasteiger partial charge in [0.25, 0.3) is 5.91 Å². The summed E-state index contributed by atoms with van der Waals surface area (Å²) in [6.07, 6.45) is 3.47. The lowest BCUT2D eigenvalue weighted by atomic mass is 9.80. The van der Waals surface area contributed by atoms with Crippen LogP contribution in [0.2, 0.25) is 0 Å². The summed E-state index contributed by atoms with van der Waals surface area (Å²) in [6, 6.07) is 7.90. The highest BCUT2D eigenvalue weighted by Gasteiger charge is 2.25. The summed E-state index contributed by atoms with van der Waals surface area (Å²) in [5.41, 5.74) is 0.725. The first-order valence-electron chi connectivity index (χ1n) is 6.61. The van der Waals surface area contributed by atoms with E-state index in [9.17, 15) is 4.79 Å². The van der Waals surface area contributed by atoms with Gasteiger partial charge in [-0.1, -0.05) is 26.0 Å². The minimum absolute atomic E-state index is 0.0359. The van der Waals surface area contributed by atoms with Gasteiger partial charge in [-0.3, -0.25) is 4.79 Å². The van der Waals surface area contributed by atoms with Gasteiger partial charge in [-0.2, -0.15) is 0 Å². The van der Waals surface area contributed by atoms with Crippen molar-refractivity contribution in [3.63, 3.8) is 0 Å². The molecule has 2 nitrogen and oxygen atoms in total. The minimum Gasteiger partial charge on any atom is -0.349 e. The van der Waals surface area contributed by atoms with Crippen LogP contribution in [0.3, 0.4) is 0 Å². The summed E-state index contributed by atoms with van der Waals surface area (Å²) in [7, 11) is 0. The topological polar surface area (TPSA) is 29.1 Å². The number of hydrogen-bond acceptors (Lipinski definition) is 1. The molecule has 1 aromatic carbocycles. The molecule has 0 radical (unpaired) electrons. The molecule has 1 aromatic rings. The molecule has 0 bridgehead atoms. The number of carbonyl (C=O) groups is 1. The molecule has 0 aliphatic heterocycles. The number of benzene rings is 1. The maximum absolute atomic E-state index is 12.2. The molecule has 0 heterocycles. The second-order valence-corrected chi connectivity index (χ2v) is 6.42. The third-order valence-corrected chi connectivity index (χ3v) is 4.32. The second kappa shape index (κ2) is 5.87. The maximum atomic E-state index is 12.2. The normalized spacial score (nSPS) is 27.8. The van der Waals surface area contributed by atoms with E-state index in [0.29, 0.717) is 17.9 Å². The highest BCUT2D eigenvalue weighted by Crippen LogP contribution is 2.28. The van der Waals surface area contributed by atoms with Gasteiger partial charge in [-0.15, -0.1) is 0 Å². The zero-order valence-corrected chi connectivity index (χ0v) is 12.5. The molecule has 2 rings (SSSR count). The Morgan fingerprint density at radius 1 is 1.17 bits per heavy atom. The lowest BCUT2D eigenvalue weighted by molar-refractivity contribution is 0.0910. The van der Waals surface area contributed by atoms with E-state index in [2.05, 4.69) is 35.1 Å². The zero-order valence-electron chi connectivity index (χ0n) is 10.9. The largest absolute Gasteiger partial charge is 0.349 e. The Hall–Kier alpha value is -0.830. The molecule has 1 aliphatic rings. The van der Waals surface area contributed by atoms with Crippen LogP contribution in [0.4, 0.5) is 0 Å². The molecule has 0 saturated heterocycles. The maximum Gasteiger partial charge on any atom is 0.252 e. The van der Waals surface area contributed by atoms with Gasteiger partial charge in [0.15, 0.2) is 0 Å². The van der Waals surface area contributed by atoms with Crippen molar-refractivity contribution in [1.82, 2.24) is 5.32 Å². The monoisotopic (exact) mass is 309 g/mol. The molecule has 1 aliphatic carbocycles. The highest BCUT2D eigenvalue weighted by atomic mass is 79.9. The third-order valence-electron chi connectivity index (χ3n) is 3.63. The van der Waals surface area contributed by atoms with Crippen LogP contribution < -0.4 is 5.32 Å². The average Bonchev–Trinajstić information content (AvgIpc) is 2.27. The van der Waals surface area contributed by atoms with Crippen LogP contribution in [-0.4, -0.2) is 11.9 Å². The van der Waals surface area contributed by atoms with Gasteiger partial charge in [0.05, 0.1) is 5.56 Å². The fraction of sp³-hybridized carbons (Fsp3) is 0.533. The molecule has 1 saturated carbocycles. The summed E-state index contributed by atoms with van der Waals surface area (Å²) in [5.74, 6) is 1.45. The van der Waals surface area contributed by atoms with E-state index in [1.54, 1.807) is 0 Å². The Labute approximate surface area is 117 Å². The van der Waals surface area contributed by atoms with Gasteiger partial charge in [0, 0.05) is 10.5 Å². The molecule has 2 unspecified atom stereocenters.